The number of methoxy groups -OCH3 is 2. The van der Waals surface area contributed by atoms with Gasteiger partial charge < -0.3 is 24.8 Å². The molecule has 43 heavy (non-hydrogen) atoms. The summed E-state index contributed by atoms with van der Waals surface area (Å²) in [5, 5.41) is 5.51. The number of hydrogen-bond acceptors (Lipinski definition) is 6. The van der Waals surface area contributed by atoms with Crippen molar-refractivity contribution in [3.63, 3.8) is 0 Å². The summed E-state index contributed by atoms with van der Waals surface area (Å²) in [5.74, 6) is 0.615. The van der Waals surface area contributed by atoms with Gasteiger partial charge in [0, 0.05) is 22.4 Å². The summed E-state index contributed by atoms with van der Waals surface area (Å²) in [6, 6.07) is 27.7. The fourth-order valence-corrected chi connectivity index (χ4v) is 4.16. The van der Waals surface area contributed by atoms with E-state index in [4.69, 9.17) is 14.2 Å². The van der Waals surface area contributed by atoms with Crippen LogP contribution >= 0.6 is 0 Å². The largest absolute Gasteiger partial charge is 0.494 e. The number of rotatable bonds is 12. The number of para-hydroxylation sites is 1. The van der Waals surface area contributed by atoms with E-state index < -0.39 is 11.8 Å². The highest BCUT2D eigenvalue weighted by atomic mass is 16.5. The summed E-state index contributed by atoms with van der Waals surface area (Å²) in [6.07, 6.45) is 4.69. The second kappa shape index (κ2) is 14.8. The minimum absolute atomic E-state index is 0.0494. The molecule has 0 aliphatic carbocycles. The molecule has 4 aromatic rings. The smallest absolute Gasteiger partial charge is 0.272 e. The van der Waals surface area contributed by atoms with Gasteiger partial charge in [0.1, 0.15) is 11.4 Å². The molecule has 2 amide bonds. The van der Waals surface area contributed by atoms with Gasteiger partial charge in [0.05, 0.1) is 20.8 Å². The van der Waals surface area contributed by atoms with Crippen LogP contribution in [-0.4, -0.2) is 38.4 Å². The molecule has 0 saturated carbocycles. The van der Waals surface area contributed by atoms with E-state index in [0.29, 0.717) is 51.8 Å². The van der Waals surface area contributed by atoms with E-state index in [-0.39, 0.29) is 11.5 Å². The van der Waals surface area contributed by atoms with Gasteiger partial charge in [-0.1, -0.05) is 42.5 Å². The zero-order valence-electron chi connectivity index (χ0n) is 24.1. The number of carbonyl (C=O) groups excluding carboxylic acids is 3. The zero-order chi connectivity index (χ0) is 30.6. The van der Waals surface area contributed by atoms with Crippen LogP contribution in [0.25, 0.3) is 12.2 Å². The number of ether oxygens (including phenoxy) is 3. The zero-order valence-corrected chi connectivity index (χ0v) is 24.1. The van der Waals surface area contributed by atoms with E-state index in [2.05, 4.69) is 10.6 Å². The summed E-state index contributed by atoms with van der Waals surface area (Å²) in [6.45, 7) is 2.43. The number of allylic oxidation sites excluding steroid dienone is 1. The number of amides is 2. The SMILES string of the molecule is CCOc1ccc(/C=C(\NC(=O)c2ccccc2)C(=O)Nc2ccc(C(=O)/C=C/c3cccc(OC)c3OC)cc2)cc1. The van der Waals surface area contributed by atoms with E-state index in [1.54, 1.807) is 104 Å². The van der Waals surface area contributed by atoms with Crippen LogP contribution in [0.4, 0.5) is 5.69 Å². The quantitative estimate of drug-likeness (QED) is 0.149. The maximum absolute atomic E-state index is 13.3. The number of benzene rings is 4. The van der Waals surface area contributed by atoms with Crippen LogP contribution in [0.5, 0.6) is 17.2 Å². The molecule has 0 spiro atoms. The third kappa shape index (κ3) is 8.20. The fraction of sp³-hybridized carbons (Fsp3) is 0.114. The molecule has 8 nitrogen and oxygen atoms in total. The Morgan fingerprint density at radius 3 is 2.14 bits per heavy atom. The first-order chi connectivity index (χ1) is 20.9. The first-order valence-electron chi connectivity index (χ1n) is 13.6. The van der Waals surface area contributed by atoms with Crippen molar-refractivity contribution >= 4 is 35.4 Å². The Labute approximate surface area is 250 Å². The average Bonchev–Trinajstić information content (AvgIpc) is 3.04. The Bertz CT molecular complexity index is 1630. The van der Waals surface area contributed by atoms with Crippen molar-refractivity contribution in [1.82, 2.24) is 5.32 Å². The molecule has 0 aromatic heterocycles. The summed E-state index contributed by atoms with van der Waals surface area (Å²) < 4.78 is 16.2. The van der Waals surface area contributed by atoms with Crippen LogP contribution in [0.15, 0.2) is 109 Å². The molecule has 0 aliphatic heterocycles. The summed E-state index contributed by atoms with van der Waals surface area (Å²) in [5.41, 5.74) is 2.74. The molecule has 0 unspecified atom stereocenters. The van der Waals surface area contributed by atoms with Gasteiger partial charge in [-0.2, -0.15) is 0 Å². The molecule has 0 fully saturated rings. The van der Waals surface area contributed by atoms with Gasteiger partial charge in [-0.3, -0.25) is 14.4 Å². The maximum atomic E-state index is 13.3. The third-order valence-corrected chi connectivity index (χ3v) is 6.31. The van der Waals surface area contributed by atoms with Gasteiger partial charge in [0.2, 0.25) is 0 Å². The van der Waals surface area contributed by atoms with Crippen LogP contribution in [0, 0.1) is 0 Å². The van der Waals surface area contributed by atoms with Crippen molar-refractivity contribution < 1.29 is 28.6 Å². The Hall–Kier alpha value is -5.63. The second-order valence-electron chi connectivity index (χ2n) is 9.19. The number of ketones is 1. The standard InChI is InChI=1S/C35H32N2O6/c1-4-43-29-20-13-24(14-21-29)23-30(37-34(39)27-9-6-5-7-10-27)35(40)36-28-18-15-25(16-19-28)31(38)22-17-26-11-8-12-32(41-2)33(26)42-3/h5-23H,4H2,1-3H3,(H,36,40)(H,37,39)/b22-17+,30-23-. The predicted molar refractivity (Wildman–Crippen MR) is 167 cm³/mol. The summed E-state index contributed by atoms with van der Waals surface area (Å²) in [7, 11) is 3.09. The number of anilines is 1. The monoisotopic (exact) mass is 576 g/mol. The lowest BCUT2D eigenvalue weighted by Gasteiger charge is -2.12. The fourth-order valence-electron chi connectivity index (χ4n) is 4.16. The molecule has 0 atom stereocenters. The molecular formula is C35H32N2O6. The summed E-state index contributed by atoms with van der Waals surface area (Å²) >= 11 is 0. The minimum Gasteiger partial charge on any atom is -0.494 e. The van der Waals surface area contributed by atoms with E-state index in [1.807, 2.05) is 19.1 Å². The first kappa shape index (κ1) is 30.3. The van der Waals surface area contributed by atoms with E-state index in [0.717, 1.165) is 0 Å². The van der Waals surface area contributed by atoms with Crippen LogP contribution in [0.3, 0.4) is 0 Å². The Morgan fingerprint density at radius 1 is 0.767 bits per heavy atom. The minimum atomic E-state index is -0.526. The topological polar surface area (TPSA) is 103 Å². The van der Waals surface area contributed by atoms with Gasteiger partial charge in [-0.05, 0) is 85.3 Å². The summed E-state index contributed by atoms with van der Waals surface area (Å²) in [4.78, 5) is 39.0. The van der Waals surface area contributed by atoms with Crippen molar-refractivity contribution in [3.05, 3.63) is 131 Å². The van der Waals surface area contributed by atoms with Crippen LogP contribution < -0.4 is 24.8 Å². The first-order valence-corrected chi connectivity index (χ1v) is 13.6. The van der Waals surface area contributed by atoms with Crippen molar-refractivity contribution in [1.29, 1.82) is 0 Å². The molecule has 4 aromatic carbocycles. The number of carbonyl (C=O) groups is 3. The van der Waals surface area contributed by atoms with Crippen molar-refractivity contribution in [2.45, 2.75) is 6.92 Å². The molecule has 0 saturated heterocycles. The highest BCUT2D eigenvalue weighted by molar-refractivity contribution is 6.11. The average molecular weight is 577 g/mol. The van der Waals surface area contributed by atoms with Crippen molar-refractivity contribution in [3.8, 4) is 17.2 Å². The Morgan fingerprint density at radius 2 is 1.49 bits per heavy atom. The highest BCUT2D eigenvalue weighted by Gasteiger charge is 2.16. The lowest BCUT2D eigenvalue weighted by Crippen LogP contribution is -2.30. The molecule has 4 rings (SSSR count). The van der Waals surface area contributed by atoms with Gasteiger partial charge in [-0.25, -0.2) is 0 Å². The predicted octanol–water partition coefficient (Wildman–Crippen LogP) is 6.41. The molecule has 0 radical (unpaired) electrons. The normalized spacial score (nSPS) is 11.1. The Balaban J connectivity index is 1.50. The van der Waals surface area contributed by atoms with Gasteiger partial charge in [0.15, 0.2) is 17.3 Å². The van der Waals surface area contributed by atoms with Crippen LogP contribution in [0.2, 0.25) is 0 Å². The van der Waals surface area contributed by atoms with Crippen molar-refractivity contribution in [2.24, 2.45) is 0 Å². The molecule has 218 valence electrons. The molecule has 0 bridgehead atoms. The molecule has 2 N–H and O–H groups in total. The molecule has 0 aliphatic rings. The number of nitrogens with one attached hydrogen (secondary N) is 2. The molecular weight excluding hydrogens is 544 g/mol. The maximum Gasteiger partial charge on any atom is 0.272 e. The van der Waals surface area contributed by atoms with Crippen LogP contribution in [0.1, 0.15) is 38.8 Å². The number of hydrogen-bond donors (Lipinski definition) is 2. The van der Waals surface area contributed by atoms with E-state index >= 15 is 0 Å². The van der Waals surface area contributed by atoms with Crippen LogP contribution in [-0.2, 0) is 4.79 Å². The van der Waals surface area contributed by atoms with E-state index in [1.165, 1.54) is 13.2 Å². The highest BCUT2D eigenvalue weighted by Crippen LogP contribution is 2.31. The van der Waals surface area contributed by atoms with Gasteiger partial charge in [-0.15, -0.1) is 0 Å². The van der Waals surface area contributed by atoms with E-state index in [9.17, 15) is 14.4 Å². The van der Waals surface area contributed by atoms with Gasteiger partial charge in [0.25, 0.3) is 11.8 Å². The van der Waals surface area contributed by atoms with Gasteiger partial charge >= 0.3 is 0 Å². The molecule has 8 heteroatoms. The third-order valence-electron chi connectivity index (χ3n) is 6.31. The lowest BCUT2D eigenvalue weighted by molar-refractivity contribution is -0.113. The van der Waals surface area contributed by atoms with Crippen molar-refractivity contribution in [2.75, 3.05) is 26.1 Å². The lowest BCUT2D eigenvalue weighted by atomic mass is 10.1. The molecule has 0 heterocycles. The second-order valence-corrected chi connectivity index (χ2v) is 9.19. The Kier molecular flexibility index (Phi) is 10.5.